The van der Waals surface area contributed by atoms with Crippen LogP contribution in [0.2, 0.25) is 0 Å². The Morgan fingerprint density at radius 3 is 2.78 bits per heavy atom. The van der Waals surface area contributed by atoms with Crippen LogP contribution in [0.25, 0.3) is 0 Å². The molecule has 2 fully saturated rings. The van der Waals surface area contributed by atoms with Gasteiger partial charge in [-0.3, -0.25) is 0 Å². The second kappa shape index (κ2) is 7.81. The summed E-state index contributed by atoms with van der Waals surface area (Å²) in [5.74, 6) is 1.35. The fourth-order valence-corrected chi connectivity index (χ4v) is 3.79. The van der Waals surface area contributed by atoms with E-state index in [-0.39, 0.29) is 6.09 Å². The van der Waals surface area contributed by atoms with E-state index >= 15 is 0 Å². The molecule has 128 valence electrons. The molecule has 0 aliphatic carbocycles. The van der Waals surface area contributed by atoms with Crippen molar-refractivity contribution in [2.75, 3.05) is 32.8 Å². The van der Waals surface area contributed by atoms with Crippen LogP contribution < -0.4 is 0 Å². The number of aromatic nitrogens is 1. The highest BCUT2D eigenvalue weighted by molar-refractivity contribution is 5.67. The smallest absolute Gasteiger partial charge is 0.409 e. The molecule has 1 unspecified atom stereocenters. The fourth-order valence-electron chi connectivity index (χ4n) is 3.79. The lowest BCUT2D eigenvalue weighted by Gasteiger charge is -2.36. The molecular formula is C17H27N3O3. The Hall–Kier alpha value is -1.56. The number of amides is 1. The zero-order valence-electron chi connectivity index (χ0n) is 13.9. The summed E-state index contributed by atoms with van der Waals surface area (Å²) in [6, 6.07) is 0.583. The molecule has 2 aliphatic rings. The maximum atomic E-state index is 11.9. The van der Waals surface area contributed by atoms with Gasteiger partial charge in [-0.05, 0) is 52.1 Å². The maximum Gasteiger partial charge on any atom is 0.409 e. The molecule has 0 spiro atoms. The standard InChI is InChI=1S/C17H27N3O3/c1-2-22-17(21)20-9-3-4-15(7-12-20)19-10-5-14(6-11-19)16-18-8-13-23-16/h8,13-15H,2-7,9-12H2,1H3. The topological polar surface area (TPSA) is 58.8 Å². The normalized spacial score (nSPS) is 24.4. The Balaban J connectivity index is 1.48. The number of hydrogen-bond acceptors (Lipinski definition) is 5. The van der Waals surface area contributed by atoms with Gasteiger partial charge in [0.1, 0.15) is 6.26 Å². The molecule has 1 aromatic rings. The average Bonchev–Trinajstić information content (AvgIpc) is 3.00. The summed E-state index contributed by atoms with van der Waals surface area (Å²) in [6.45, 7) is 6.13. The number of nitrogens with zero attached hydrogens (tertiary/aromatic N) is 3. The Morgan fingerprint density at radius 2 is 2.09 bits per heavy atom. The number of carbonyl (C=O) groups excluding carboxylic acids is 1. The Kier molecular flexibility index (Phi) is 5.54. The van der Waals surface area contributed by atoms with Gasteiger partial charge >= 0.3 is 6.09 Å². The van der Waals surface area contributed by atoms with E-state index in [0.29, 0.717) is 18.6 Å². The number of hydrogen-bond donors (Lipinski definition) is 0. The van der Waals surface area contributed by atoms with Crippen molar-refractivity contribution in [2.24, 2.45) is 0 Å². The number of carbonyl (C=O) groups is 1. The van der Waals surface area contributed by atoms with Crippen molar-refractivity contribution >= 4 is 6.09 Å². The molecule has 6 heteroatoms. The van der Waals surface area contributed by atoms with Crippen molar-refractivity contribution in [3.63, 3.8) is 0 Å². The minimum atomic E-state index is -0.157. The first-order chi connectivity index (χ1) is 11.3. The van der Waals surface area contributed by atoms with Crippen LogP contribution in [0.15, 0.2) is 16.9 Å². The van der Waals surface area contributed by atoms with Crippen molar-refractivity contribution in [1.82, 2.24) is 14.8 Å². The lowest BCUT2D eigenvalue weighted by molar-refractivity contribution is 0.104. The number of likely N-dealkylation sites (tertiary alicyclic amines) is 2. The maximum absolute atomic E-state index is 11.9. The Labute approximate surface area is 137 Å². The van der Waals surface area contributed by atoms with E-state index < -0.39 is 0 Å². The quantitative estimate of drug-likeness (QED) is 0.857. The van der Waals surface area contributed by atoms with Gasteiger partial charge in [-0.1, -0.05) is 0 Å². The van der Waals surface area contributed by atoms with E-state index in [9.17, 15) is 4.79 Å². The average molecular weight is 321 g/mol. The van der Waals surface area contributed by atoms with E-state index in [0.717, 1.165) is 57.8 Å². The third kappa shape index (κ3) is 4.05. The summed E-state index contributed by atoms with van der Waals surface area (Å²) < 4.78 is 10.6. The largest absolute Gasteiger partial charge is 0.450 e. The third-order valence-electron chi connectivity index (χ3n) is 5.07. The minimum Gasteiger partial charge on any atom is -0.450 e. The summed E-state index contributed by atoms with van der Waals surface area (Å²) in [5, 5.41) is 0. The molecule has 0 bridgehead atoms. The zero-order chi connectivity index (χ0) is 16.1. The summed E-state index contributed by atoms with van der Waals surface area (Å²) in [4.78, 5) is 20.6. The molecule has 0 aromatic carbocycles. The van der Waals surface area contributed by atoms with Gasteiger partial charge in [0.25, 0.3) is 0 Å². The Morgan fingerprint density at radius 1 is 1.26 bits per heavy atom. The summed E-state index contributed by atoms with van der Waals surface area (Å²) >= 11 is 0. The highest BCUT2D eigenvalue weighted by atomic mass is 16.6. The van der Waals surface area contributed by atoms with E-state index in [1.807, 2.05) is 11.8 Å². The molecule has 3 rings (SSSR count). The predicted molar refractivity (Wildman–Crippen MR) is 86.3 cm³/mol. The zero-order valence-corrected chi connectivity index (χ0v) is 13.9. The van der Waals surface area contributed by atoms with Gasteiger partial charge < -0.3 is 19.0 Å². The molecule has 0 N–H and O–H groups in total. The molecule has 0 saturated carbocycles. The minimum absolute atomic E-state index is 0.157. The van der Waals surface area contributed by atoms with Crippen molar-refractivity contribution < 1.29 is 13.9 Å². The van der Waals surface area contributed by atoms with Crippen LogP contribution in [0, 0.1) is 0 Å². The molecule has 23 heavy (non-hydrogen) atoms. The van der Waals surface area contributed by atoms with Crippen LogP contribution in [0.3, 0.4) is 0 Å². The number of ether oxygens (including phenoxy) is 1. The van der Waals surface area contributed by atoms with Crippen LogP contribution in [0.5, 0.6) is 0 Å². The molecule has 1 atom stereocenters. The molecule has 1 aromatic heterocycles. The first kappa shape index (κ1) is 16.3. The summed E-state index contributed by atoms with van der Waals surface area (Å²) in [6.07, 6.45) is 8.73. The van der Waals surface area contributed by atoms with Crippen molar-refractivity contribution in [3.05, 3.63) is 18.4 Å². The predicted octanol–water partition coefficient (Wildman–Crippen LogP) is 2.87. The molecule has 2 saturated heterocycles. The molecule has 2 aliphatic heterocycles. The first-order valence-corrected chi connectivity index (χ1v) is 8.83. The van der Waals surface area contributed by atoms with E-state index in [1.54, 1.807) is 12.5 Å². The molecule has 0 radical (unpaired) electrons. The number of rotatable bonds is 3. The van der Waals surface area contributed by atoms with Gasteiger partial charge in [0, 0.05) is 25.0 Å². The highest BCUT2D eigenvalue weighted by Crippen LogP contribution is 2.29. The monoisotopic (exact) mass is 321 g/mol. The van der Waals surface area contributed by atoms with Crippen molar-refractivity contribution in [1.29, 1.82) is 0 Å². The number of piperidine rings is 1. The number of oxazole rings is 1. The van der Waals surface area contributed by atoms with Crippen LogP contribution in [-0.4, -0.2) is 59.7 Å². The van der Waals surface area contributed by atoms with Crippen LogP contribution in [0.4, 0.5) is 4.79 Å². The van der Waals surface area contributed by atoms with Gasteiger partial charge in [0.05, 0.1) is 12.8 Å². The van der Waals surface area contributed by atoms with E-state index in [1.165, 1.54) is 6.42 Å². The highest BCUT2D eigenvalue weighted by Gasteiger charge is 2.30. The third-order valence-corrected chi connectivity index (χ3v) is 5.07. The SMILES string of the molecule is CCOC(=O)N1CCCC(N2CCC(c3ncco3)CC2)CC1. The molecule has 6 nitrogen and oxygen atoms in total. The van der Waals surface area contributed by atoms with E-state index in [2.05, 4.69) is 9.88 Å². The van der Waals surface area contributed by atoms with Gasteiger partial charge in [-0.15, -0.1) is 0 Å². The summed E-state index contributed by atoms with van der Waals surface area (Å²) in [7, 11) is 0. The molecule has 3 heterocycles. The summed E-state index contributed by atoms with van der Waals surface area (Å²) in [5.41, 5.74) is 0. The first-order valence-electron chi connectivity index (χ1n) is 8.83. The Bertz CT molecular complexity index is 483. The molecular weight excluding hydrogens is 294 g/mol. The van der Waals surface area contributed by atoms with Crippen LogP contribution in [-0.2, 0) is 4.74 Å². The van der Waals surface area contributed by atoms with Gasteiger partial charge in [0.15, 0.2) is 5.89 Å². The van der Waals surface area contributed by atoms with Gasteiger partial charge in [-0.25, -0.2) is 9.78 Å². The molecule has 1 amide bonds. The van der Waals surface area contributed by atoms with E-state index in [4.69, 9.17) is 9.15 Å². The van der Waals surface area contributed by atoms with Gasteiger partial charge in [0.2, 0.25) is 0 Å². The lowest BCUT2D eigenvalue weighted by atomic mass is 9.94. The second-order valence-electron chi connectivity index (χ2n) is 6.45. The van der Waals surface area contributed by atoms with Crippen LogP contribution >= 0.6 is 0 Å². The fraction of sp³-hybridized carbons (Fsp3) is 0.765. The van der Waals surface area contributed by atoms with Gasteiger partial charge in [-0.2, -0.15) is 0 Å². The van der Waals surface area contributed by atoms with Crippen LogP contribution in [0.1, 0.15) is 50.8 Å². The van der Waals surface area contributed by atoms with Crippen molar-refractivity contribution in [3.8, 4) is 0 Å². The lowest BCUT2D eigenvalue weighted by Crippen LogP contribution is -2.41. The van der Waals surface area contributed by atoms with Crippen molar-refractivity contribution in [2.45, 2.75) is 51.0 Å². The second-order valence-corrected chi connectivity index (χ2v) is 6.45.